The Bertz CT molecular complexity index is 1720. The number of rotatable bonds is 16. The molecule has 0 heterocycles. The molecule has 0 bridgehead atoms. The number of nitrogens with zero attached hydrogens (tertiary/aromatic N) is 1. The summed E-state index contributed by atoms with van der Waals surface area (Å²) < 4.78 is 38.5. The second-order valence-corrected chi connectivity index (χ2v) is 13.4. The van der Waals surface area contributed by atoms with Crippen LogP contribution < -0.4 is 19.5 Å². The van der Waals surface area contributed by atoms with Crippen molar-refractivity contribution in [3.63, 3.8) is 0 Å². The van der Waals surface area contributed by atoms with Gasteiger partial charge in [0.25, 0.3) is 0 Å². The monoisotopic (exact) mass is 655 g/mol. The number of hydrogen-bond donors (Lipinski definition) is 2. The predicted molar refractivity (Wildman–Crippen MR) is 180 cm³/mol. The van der Waals surface area contributed by atoms with E-state index in [2.05, 4.69) is 10.0 Å². The number of methoxy groups -OCH3 is 2. The minimum Gasteiger partial charge on any atom is -0.497 e. The normalized spacial score (nSPS) is 13.4. The molecule has 1 fully saturated rings. The van der Waals surface area contributed by atoms with E-state index >= 15 is 0 Å². The zero-order valence-corrected chi connectivity index (χ0v) is 27.5. The molecule has 1 aliphatic rings. The number of aryl methyl sites for hydroxylation is 1. The summed E-state index contributed by atoms with van der Waals surface area (Å²) in [7, 11) is -0.362. The van der Waals surface area contributed by atoms with E-state index in [0.29, 0.717) is 25.1 Å². The standard InChI is InChI=1S/C37H41N3O6S/c1-45-32-17-8-29(9-18-32)25-38-37(42)35(24-28-6-4-3-5-7-28)40(26-30-10-19-33(46-2)20-11-30)36(41)23-14-27-12-21-34(22-13-27)47(43,44)39-31-15-16-31/h3-13,17-22,31,35,39H,14-16,23-26H2,1-2H3,(H,38,42)/t35-/m1/s1. The largest absolute Gasteiger partial charge is 0.497 e. The maximum atomic E-state index is 14.1. The number of nitrogens with one attached hydrogen (secondary N) is 2. The quantitative estimate of drug-likeness (QED) is 0.175. The molecular formula is C37H41N3O6S. The van der Waals surface area contributed by atoms with Crippen LogP contribution in [0.4, 0.5) is 0 Å². The molecule has 0 saturated heterocycles. The SMILES string of the molecule is COc1ccc(CNC(=O)[C@@H](Cc2ccccc2)N(Cc2ccc(OC)cc2)C(=O)CCc2ccc(S(=O)(=O)NC3CC3)cc2)cc1. The molecule has 10 heteroatoms. The van der Waals surface area contributed by atoms with Gasteiger partial charge < -0.3 is 19.7 Å². The molecule has 47 heavy (non-hydrogen) atoms. The maximum Gasteiger partial charge on any atom is 0.243 e. The molecule has 0 spiro atoms. The van der Waals surface area contributed by atoms with Gasteiger partial charge in [0.15, 0.2) is 0 Å². The molecule has 4 aromatic carbocycles. The van der Waals surface area contributed by atoms with E-state index in [1.54, 1.807) is 43.4 Å². The van der Waals surface area contributed by atoms with Gasteiger partial charge in [-0.25, -0.2) is 13.1 Å². The highest BCUT2D eigenvalue weighted by molar-refractivity contribution is 7.89. The summed E-state index contributed by atoms with van der Waals surface area (Å²) in [6, 6.07) is 30.4. The molecule has 9 nitrogen and oxygen atoms in total. The molecule has 246 valence electrons. The molecule has 0 unspecified atom stereocenters. The summed E-state index contributed by atoms with van der Waals surface area (Å²) in [6.45, 7) is 0.518. The third kappa shape index (κ3) is 9.67. The van der Waals surface area contributed by atoms with Crippen LogP contribution >= 0.6 is 0 Å². The summed E-state index contributed by atoms with van der Waals surface area (Å²) in [5.41, 5.74) is 3.53. The van der Waals surface area contributed by atoms with Crippen LogP contribution in [0.15, 0.2) is 108 Å². The Balaban J connectivity index is 1.36. The Hall–Kier alpha value is -4.67. The van der Waals surface area contributed by atoms with Gasteiger partial charge in [0, 0.05) is 32.0 Å². The van der Waals surface area contributed by atoms with E-state index < -0.39 is 16.1 Å². The number of carbonyl (C=O) groups excluding carboxylic acids is 2. The Morgan fingerprint density at radius 1 is 0.766 bits per heavy atom. The van der Waals surface area contributed by atoms with Gasteiger partial charge >= 0.3 is 0 Å². The second kappa shape index (κ2) is 15.8. The van der Waals surface area contributed by atoms with Crippen LogP contribution in [0, 0.1) is 0 Å². The fourth-order valence-electron chi connectivity index (χ4n) is 5.25. The minimum atomic E-state index is -3.56. The highest BCUT2D eigenvalue weighted by Gasteiger charge is 2.31. The van der Waals surface area contributed by atoms with E-state index in [9.17, 15) is 18.0 Å². The van der Waals surface area contributed by atoms with Crippen molar-refractivity contribution in [2.24, 2.45) is 0 Å². The van der Waals surface area contributed by atoms with Crippen LogP contribution in [-0.2, 0) is 45.5 Å². The van der Waals surface area contributed by atoms with Gasteiger partial charge in [0.1, 0.15) is 17.5 Å². The van der Waals surface area contributed by atoms with Crippen molar-refractivity contribution in [3.8, 4) is 11.5 Å². The average Bonchev–Trinajstić information content (AvgIpc) is 3.92. The van der Waals surface area contributed by atoms with E-state index in [1.165, 1.54) is 0 Å². The summed E-state index contributed by atoms with van der Waals surface area (Å²) in [5.74, 6) is 0.977. The van der Waals surface area contributed by atoms with Crippen molar-refractivity contribution in [2.75, 3.05) is 14.2 Å². The molecule has 5 rings (SSSR count). The highest BCUT2D eigenvalue weighted by Crippen LogP contribution is 2.23. The lowest BCUT2D eigenvalue weighted by molar-refractivity contribution is -0.141. The van der Waals surface area contributed by atoms with Gasteiger partial charge in [-0.1, -0.05) is 66.7 Å². The van der Waals surface area contributed by atoms with Gasteiger partial charge in [-0.2, -0.15) is 0 Å². The van der Waals surface area contributed by atoms with Crippen molar-refractivity contribution in [2.45, 2.75) is 62.2 Å². The zero-order chi connectivity index (χ0) is 33.2. The summed E-state index contributed by atoms with van der Waals surface area (Å²) in [6.07, 6.45) is 2.58. The molecule has 1 aliphatic carbocycles. The number of hydrogen-bond acceptors (Lipinski definition) is 6. The van der Waals surface area contributed by atoms with E-state index in [4.69, 9.17) is 9.47 Å². The molecule has 1 saturated carbocycles. The first kappa shape index (κ1) is 33.7. The maximum absolute atomic E-state index is 14.1. The molecule has 2 amide bonds. The molecular weight excluding hydrogens is 614 g/mol. The molecule has 4 aromatic rings. The van der Waals surface area contributed by atoms with Crippen LogP contribution in [0.1, 0.15) is 41.5 Å². The van der Waals surface area contributed by atoms with Crippen molar-refractivity contribution >= 4 is 21.8 Å². The lowest BCUT2D eigenvalue weighted by Gasteiger charge is -2.32. The Labute approximate surface area is 277 Å². The molecule has 1 atom stereocenters. The van der Waals surface area contributed by atoms with E-state index in [0.717, 1.165) is 40.8 Å². The topological polar surface area (TPSA) is 114 Å². The number of benzene rings is 4. The van der Waals surface area contributed by atoms with Crippen LogP contribution in [-0.4, -0.2) is 51.4 Å². The highest BCUT2D eigenvalue weighted by atomic mass is 32.2. The van der Waals surface area contributed by atoms with Crippen LogP contribution in [0.3, 0.4) is 0 Å². The van der Waals surface area contributed by atoms with E-state index in [-0.39, 0.29) is 35.7 Å². The van der Waals surface area contributed by atoms with Gasteiger partial charge in [-0.15, -0.1) is 0 Å². The van der Waals surface area contributed by atoms with Gasteiger partial charge in [0.2, 0.25) is 21.8 Å². The Morgan fingerprint density at radius 2 is 1.34 bits per heavy atom. The molecule has 2 N–H and O–H groups in total. The summed E-state index contributed by atoms with van der Waals surface area (Å²) in [4.78, 5) is 29.9. The van der Waals surface area contributed by atoms with Crippen molar-refractivity contribution < 1.29 is 27.5 Å². The summed E-state index contributed by atoms with van der Waals surface area (Å²) in [5, 5.41) is 3.05. The molecule has 0 aromatic heterocycles. The third-order valence-corrected chi connectivity index (χ3v) is 9.71. The van der Waals surface area contributed by atoms with Crippen molar-refractivity contribution in [3.05, 3.63) is 125 Å². The first-order chi connectivity index (χ1) is 22.7. The lowest BCUT2D eigenvalue weighted by atomic mass is 10.0. The van der Waals surface area contributed by atoms with Gasteiger partial charge in [0.05, 0.1) is 19.1 Å². The second-order valence-electron chi connectivity index (χ2n) is 11.7. The Kier molecular flexibility index (Phi) is 11.3. The number of amides is 2. The molecule has 0 radical (unpaired) electrons. The lowest BCUT2D eigenvalue weighted by Crippen LogP contribution is -2.50. The summed E-state index contributed by atoms with van der Waals surface area (Å²) >= 11 is 0. The number of ether oxygens (including phenoxy) is 2. The minimum absolute atomic E-state index is 0.0197. The van der Waals surface area contributed by atoms with Crippen LogP contribution in [0.2, 0.25) is 0 Å². The fourth-order valence-corrected chi connectivity index (χ4v) is 6.56. The fraction of sp³-hybridized carbons (Fsp3) is 0.297. The third-order valence-electron chi connectivity index (χ3n) is 8.17. The zero-order valence-electron chi connectivity index (χ0n) is 26.7. The van der Waals surface area contributed by atoms with Crippen LogP contribution in [0.25, 0.3) is 0 Å². The van der Waals surface area contributed by atoms with Gasteiger partial charge in [-0.3, -0.25) is 9.59 Å². The first-order valence-electron chi connectivity index (χ1n) is 15.7. The van der Waals surface area contributed by atoms with E-state index in [1.807, 2.05) is 78.9 Å². The smallest absolute Gasteiger partial charge is 0.243 e. The first-order valence-corrected chi connectivity index (χ1v) is 17.2. The predicted octanol–water partition coefficient (Wildman–Crippen LogP) is 5.03. The van der Waals surface area contributed by atoms with Gasteiger partial charge in [-0.05, 0) is 77.9 Å². The molecule has 0 aliphatic heterocycles. The number of carbonyl (C=O) groups is 2. The average molecular weight is 656 g/mol. The number of sulfonamides is 1. The van der Waals surface area contributed by atoms with Crippen molar-refractivity contribution in [1.82, 2.24) is 14.9 Å². The van der Waals surface area contributed by atoms with Crippen molar-refractivity contribution in [1.29, 1.82) is 0 Å². The Morgan fingerprint density at radius 3 is 1.91 bits per heavy atom. The van der Waals surface area contributed by atoms with Crippen LogP contribution in [0.5, 0.6) is 11.5 Å².